The van der Waals surface area contributed by atoms with Gasteiger partial charge in [-0.15, -0.1) is 0 Å². The van der Waals surface area contributed by atoms with Crippen LogP contribution in [0.5, 0.6) is 0 Å². The molecule has 0 spiro atoms. The van der Waals surface area contributed by atoms with Crippen LogP contribution in [0.2, 0.25) is 0 Å². The van der Waals surface area contributed by atoms with Crippen molar-refractivity contribution in [3.05, 3.63) is 99.6 Å². The molecule has 1 heterocycles. The zero-order chi connectivity index (χ0) is 24.6. The number of aromatic carboxylic acids is 1. The van der Waals surface area contributed by atoms with Gasteiger partial charge in [-0.25, -0.2) is 9.78 Å². The lowest BCUT2D eigenvalue weighted by atomic mass is 10.1. The van der Waals surface area contributed by atoms with E-state index in [1.807, 2.05) is 0 Å². The Hall–Kier alpha value is -4.47. The number of alkyl halides is 3. The largest absolute Gasteiger partial charge is 0.478 e. The van der Waals surface area contributed by atoms with Crippen molar-refractivity contribution in [2.45, 2.75) is 13.1 Å². The van der Waals surface area contributed by atoms with E-state index in [9.17, 15) is 32.7 Å². The van der Waals surface area contributed by atoms with Crippen LogP contribution in [-0.4, -0.2) is 26.5 Å². The molecule has 4 rings (SSSR count). The summed E-state index contributed by atoms with van der Waals surface area (Å²) in [5, 5.41) is 12.0. The first-order valence-electron chi connectivity index (χ1n) is 9.89. The fourth-order valence-corrected chi connectivity index (χ4v) is 3.48. The minimum absolute atomic E-state index is 0.0444. The number of rotatable bonds is 4. The minimum Gasteiger partial charge on any atom is -0.478 e. The van der Waals surface area contributed by atoms with Crippen LogP contribution >= 0.6 is 0 Å². The number of fused-ring (bicyclic) bond motifs is 1. The van der Waals surface area contributed by atoms with Crippen LogP contribution in [0, 0.1) is 6.92 Å². The quantitative estimate of drug-likeness (QED) is 0.455. The third-order valence-corrected chi connectivity index (χ3v) is 5.20. The first-order chi connectivity index (χ1) is 16.1. The molecule has 172 valence electrons. The standard InChI is InChI=1S/C24H16F3N3O4/c1-13-8-9-16(29-21(31)14-4-2-5-15(10-14)24(25,26)27)11-19(13)30-12-28-20-17(22(30)32)6-3-7-18(20)23(33)34/h2-12H,1H3,(H,29,31)(H,33,34). The summed E-state index contributed by atoms with van der Waals surface area (Å²) >= 11 is 0. The van der Waals surface area contributed by atoms with Gasteiger partial charge < -0.3 is 10.4 Å². The normalized spacial score (nSPS) is 11.4. The third-order valence-electron chi connectivity index (χ3n) is 5.20. The smallest absolute Gasteiger partial charge is 0.416 e. The average molecular weight is 467 g/mol. The van der Waals surface area contributed by atoms with Crippen LogP contribution in [0.25, 0.3) is 16.6 Å². The number of halogens is 3. The number of amides is 1. The molecule has 0 radical (unpaired) electrons. The summed E-state index contributed by atoms with van der Waals surface area (Å²) in [6.07, 6.45) is -3.39. The molecule has 0 aliphatic carbocycles. The number of aryl methyl sites for hydroxylation is 1. The number of benzene rings is 3. The highest BCUT2D eigenvalue weighted by atomic mass is 19.4. The second kappa shape index (κ2) is 8.47. The van der Waals surface area contributed by atoms with Crippen molar-refractivity contribution >= 4 is 28.5 Å². The molecule has 1 aromatic heterocycles. The van der Waals surface area contributed by atoms with E-state index in [-0.39, 0.29) is 27.7 Å². The molecular weight excluding hydrogens is 451 g/mol. The van der Waals surface area contributed by atoms with Gasteiger partial charge in [0.15, 0.2) is 0 Å². The fourth-order valence-electron chi connectivity index (χ4n) is 3.48. The van der Waals surface area contributed by atoms with E-state index in [2.05, 4.69) is 10.3 Å². The number of nitrogens with zero attached hydrogens (tertiary/aromatic N) is 2. The van der Waals surface area contributed by atoms with Gasteiger partial charge in [-0.05, 0) is 55.0 Å². The summed E-state index contributed by atoms with van der Waals surface area (Å²) in [6, 6.07) is 12.9. The topological polar surface area (TPSA) is 101 Å². The molecule has 4 aromatic rings. The summed E-state index contributed by atoms with van der Waals surface area (Å²) in [5.41, 5.74) is -0.450. The second-order valence-electron chi connectivity index (χ2n) is 7.46. The first-order valence-corrected chi connectivity index (χ1v) is 9.89. The van der Waals surface area contributed by atoms with Gasteiger partial charge >= 0.3 is 12.1 Å². The van der Waals surface area contributed by atoms with Gasteiger partial charge in [0.2, 0.25) is 0 Å². The van der Waals surface area contributed by atoms with Crippen LogP contribution in [-0.2, 0) is 6.18 Å². The zero-order valence-corrected chi connectivity index (χ0v) is 17.6. The molecule has 2 N–H and O–H groups in total. The Morgan fingerprint density at radius 3 is 2.47 bits per heavy atom. The Kier molecular flexibility index (Phi) is 5.66. The van der Waals surface area contributed by atoms with Crippen molar-refractivity contribution in [3.8, 4) is 5.69 Å². The van der Waals surface area contributed by atoms with Crippen molar-refractivity contribution in [1.82, 2.24) is 9.55 Å². The fraction of sp³-hybridized carbons (Fsp3) is 0.0833. The Morgan fingerprint density at radius 1 is 1.03 bits per heavy atom. The lowest BCUT2D eigenvalue weighted by molar-refractivity contribution is -0.137. The highest BCUT2D eigenvalue weighted by Gasteiger charge is 2.31. The number of anilines is 1. The Morgan fingerprint density at radius 2 is 1.76 bits per heavy atom. The second-order valence-corrected chi connectivity index (χ2v) is 7.46. The summed E-state index contributed by atoms with van der Waals surface area (Å²) in [7, 11) is 0. The molecule has 0 fully saturated rings. The highest BCUT2D eigenvalue weighted by Crippen LogP contribution is 2.30. The number of carbonyl (C=O) groups is 2. The minimum atomic E-state index is -4.59. The van der Waals surface area contributed by atoms with Crippen LogP contribution in [0.1, 0.15) is 31.8 Å². The summed E-state index contributed by atoms with van der Waals surface area (Å²) < 4.78 is 40.1. The maximum atomic E-state index is 13.1. The van der Waals surface area contributed by atoms with Gasteiger partial charge in [0.25, 0.3) is 11.5 Å². The van der Waals surface area contributed by atoms with Gasteiger partial charge in [0, 0.05) is 11.3 Å². The number of nitrogens with one attached hydrogen (secondary N) is 1. The Bertz CT molecular complexity index is 1510. The van der Waals surface area contributed by atoms with Crippen LogP contribution in [0.3, 0.4) is 0 Å². The van der Waals surface area contributed by atoms with Crippen LogP contribution in [0.15, 0.2) is 71.8 Å². The Balaban J connectivity index is 1.72. The lowest BCUT2D eigenvalue weighted by Gasteiger charge is -2.13. The summed E-state index contributed by atoms with van der Waals surface area (Å²) in [6.45, 7) is 1.72. The molecule has 3 aromatic carbocycles. The lowest BCUT2D eigenvalue weighted by Crippen LogP contribution is -2.21. The number of aromatic nitrogens is 2. The molecule has 0 saturated heterocycles. The molecular formula is C24H16F3N3O4. The summed E-state index contributed by atoms with van der Waals surface area (Å²) in [5.74, 6) is -1.97. The van der Waals surface area contributed by atoms with Crippen molar-refractivity contribution in [3.63, 3.8) is 0 Å². The number of carboxylic acids is 1. The molecule has 1 amide bonds. The molecule has 34 heavy (non-hydrogen) atoms. The van der Waals surface area contributed by atoms with E-state index in [4.69, 9.17) is 0 Å². The van der Waals surface area contributed by atoms with E-state index in [0.717, 1.165) is 18.2 Å². The van der Waals surface area contributed by atoms with Crippen molar-refractivity contribution < 1.29 is 27.9 Å². The molecule has 0 bridgehead atoms. The van der Waals surface area contributed by atoms with Crippen LogP contribution in [0.4, 0.5) is 18.9 Å². The monoisotopic (exact) mass is 467 g/mol. The SMILES string of the molecule is Cc1ccc(NC(=O)c2cccc(C(F)(F)F)c2)cc1-n1cnc2c(C(=O)O)cccc2c1=O. The maximum Gasteiger partial charge on any atom is 0.416 e. The van der Waals surface area contributed by atoms with E-state index in [1.165, 1.54) is 41.2 Å². The van der Waals surface area contributed by atoms with Crippen molar-refractivity contribution in [2.75, 3.05) is 5.32 Å². The predicted octanol–water partition coefficient (Wildman–Crippen LogP) is 4.66. The van der Waals surface area contributed by atoms with Gasteiger partial charge in [0.05, 0.1) is 27.7 Å². The predicted molar refractivity (Wildman–Crippen MR) is 118 cm³/mol. The highest BCUT2D eigenvalue weighted by molar-refractivity contribution is 6.04. The third kappa shape index (κ3) is 4.25. The van der Waals surface area contributed by atoms with Gasteiger partial charge in [-0.3, -0.25) is 14.2 Å². The number of para-hydroxylation sites is 1. The molecule has 0 unspecified atom stereocenters. The van der Waals surface area contributed by atoms with Crippen LogP contribution < -0.4 is 10.9 Å². The van der Waals surface area contributed by atoms with E-state index in [1.54, 1.807) is 19.1 Å². The van der Waals surface area contributed by atoms with Gasteiger partial charge in [-0.2, -0.15) is 13.2 Å². The van der Waals surface area contributed by atoms with Gasteiger partial charge in [0.1, 0.15) is 6.33 Å². The van der Waals surface area contributed by atoms with E-state index >= 15 is 0 Å². The molecule has 10 heteroatoms. The first kappa shape index (κ1) is 22.7. The van der Waals surface area contributed by atoms with Crippen molar-refractivity contribution in [2.24, 2.45) is 0 Å². The average Bonchev–Trinajstić information content (AvgIpc) is 2.80. The number of carbonyl (C=O) groups excluding carboxylic acids is 1. The molecule has 0 aliphatic rings. The van der Waals surface area contributed by atoms with Crippen molar-refractivity contribution in [1.29, 1.82) is 0 Å². The summed E-state index contributed by atoms with van der Waals surface area (Å²) in [4.78, 5) is 41.2. The molecule has 0 aliphatic heterocycles. The van der Waals surface area contributed by atoms with Gasteiger partial charge in [-0.1, -0.05) is 18.2 Å². The Labute approximate surface area is 190 Å². The molecule has 7 nitrogen and oxygen atoms in total. The van der Waals surface area contributed by atoms with E-state index < -0.39 is 29.2 Å². The molecule has 0 saturated carbocycles. The maximum absolute atomic E-state index is 13.1. The number of hydrogen-bond donors (Lipinski definition) is 2. The van der Waals surface area contributed by atoms with E-state index in [0.29, 0.717) is 11.3 Å². The number of carboxylic acid groups (broad SMARTS) is 1. The number of hydrogen-bond acceptors (Lipinski definition) is 4. The zero-order valence-electron chi connectivity index (χ0n) is 17.6. The molecule has 0 atom stereocenters.